The van der Waals surface area contributed by atoms with E-state index in [-0.39, 0.29) is 49.2 Å². The third kappa shape index (κ3) is 13.3. The Morgan fingerprint density at radius 2 is 0.405 bits per heavy atom. The second-order valence-electron chi connectivity index (χ2n) is 20.8. The quantitative estimate of drug-likeness (QED) is 0.163. The van der Waals surface area contributed by atoms with Crippen LogP contribution in [0.1, 0.15) is 38.5 Å². The standard InChI is InChI=1S/2C32H22O2.3C4H8O.Zr/c2*33-31-27(21-11-3-1-4-12-21)19-23-15-7-9-17-25(23)29(31)30-26-18-10-8-16-24(26)20-28(32(30)34)22-13-5-2-6-14-22;3*1-2-4-5-3-1;/h2*1-20,33-34H;3*1-4H2;/q;;;;;+4/p-4. The van der Waals surface area contributed by atoms with Gasteiger partial charge in [0, 0.05) is 39.6 Å². The van der Waals surface area contributed by atoms with Crippen LogP contribution in [0.2, 0.25) is 0 Å². The van der Waals surface area contributed by atoms with Gasteiger partial charge >= 0.3 is 26.2 Å². The van der Waals surface area contributed by atoms with Gasteiger partial charge in [-0.05, 0) is 173 Å². The molecule has 12 aromatic carbocycles. The number of hydrogen-bond donors (Lipinski definition) is 0. The number of fused-ring (bicyclic) bond motifs is 4. The van der Waals surface area contributed by atoms with E-state index in [4.69, 9.17) is 14.2 Å². The van der Waals surface area contributed by atoms with Crippen molar-refractivity contribution in [1.29, 1.82) is 0 Å². The van der Waals surface area contributed by atoms with Crippen LogP contribution in [-0.2, 0) is 40.4 Å². The van der Waals surface area contributed by atoms with E-state index in [9.17, 15) is 20.4 Å². The molecule has 0 N–H and O–H groups in total. The van der Waals surface area contributed by atoms with E-state index in [2.05, 4.69) is 0 Å². The molecular formula is C76H64O7Zr. The average molecular weight is 1180 g/mol. The van der Waals surface area contributed by atoms with Crippen molar-refractivity contribution in [2.45, 2.75) is 38.5 Å². The molecule has 3 aliphatic heterocycles. The van der Waals surface area contributed by atoms with Gasteiger partial charge in [-0.2, -0.15) is 0 Å². The average Bonchev–Trinajstić information content (AvgIpc) is 2.07. The largest absolute Gasteiger partial charge is 4.00 e. The molecule has 0 spiro atoms. The first-order chi connectivity index (χ1) is 40.9. The summed E-state index contributed by atoms with van der Waals surface area (Å²) in [5.41, 5.74) is 7.65. The molecule has 0 amide bonds. The predicted octanol–water partition coefficient (Wildman–Crippen LogP) is 16.7. The summed E-state index contributed by atoms with van der Waals surface area (Å²) < 4.78 is 14.8. The Morgan fingerprint density at radius 3 is 0.583 bits per heavy atom. The minimum Gasteiger partial charge on any atom is -0.872 e. The van der Waals surface area contributed by atoms with E-state index in [0.29, 0.717) is 44.5 Å². The third-order valence-corrected chi connectivity index (χ3v) is 15.3. The molecule has 7 nitrogen and oxygen atoms in total. The summed E-state index contributed by atoms with van der Waals surface area (Å²) in [5, 5.41) is 63.3. The van der Waals surface area contributed by atoms with E-state index in [1.165, 1.54) is 38.5 Å². The summed E-state index contributed by atoms with van der Waals surface area (Å²) in [6.07, 6.45) is 7.67. The number of rotatable bonds is 6. The van der Waals surface area contributed by atoms with Crippen LogP contribution in [0.4, 0.5) is 0 Å². The summed E-state index contributed by atoms with van der Waals surface area (Å²) in [4.78, 5) is 0. The maximum Gasteiger partial charge on any atom is 4.00 e. The molecule has 0 radical (unpaired) electrons. The van der Waals surface area contributed by atoms with Crippen LogP contribution in [0.3, 0.4) is 0 Å². The van der Waals surface area contributed by atoms with E-state index < -0.39 is 0 Å². The number of hydrogen-bond acceptors (Lipinski definition) is 7. The summed E-state index contributed by atoms with van der Waals surface area (Å²) in [6.45, 7) is 6.00. The Labute approximate surface area is 511 Å². The summed E-state index contributed by atoms with van der Waals surface area (Å²) >= 11 is 0. The van der Waals surface area contributed by atoms with Gasteiger partial charge in [-0.15, -0.1) is 0 Å². The molecule has 3 fully saturated rings. The molecule has 0 unspecified atom stereocenters. The first kappa shape index (κ1) is 58.8. The first-order valence-electron chi connectivity index (χ1n) is 28.8. The molecule has 0 bridgehead atoms. The molecule has 15 rings (SSSR count). The molecule has 0 aliphatic carbocycles. The van der Waals surface area contributed by atoms with Crippen LogP contribution < -0.4 is 20.4 Å². The molecule has 12 aromatic rings. The fourth-order valence-corrected chi connectivity index (χ4v) is 11.2. The van der Waals surface area contributed by atoms with Crippen LogP contribution in [-0.4, -0.2) is 39.6 Å². The number of benzene rings is 12. The van der Waals surface area contributed by atoms with Crippen molar-refractivity contribution in [3.63, 3.8) is 0 Å². The van der Waals surface area contributed by atoms with E-state index in [1.54, 1.807) is 0 Å². The molecule has 3 heterocycles. The van der Waals surface area contributed by atoms with Crippen molar-refractivity contribution in [2.75, 3.05) is 39.6 Å². The van der Waals surface area contributed by atoms with Gasteiger partial charge in [-0.1, -0.05) is 241 Å². The Kier molecular flexibility index (Phi) is 20.1. The summed E-state index contributed by atoms with van der Waals surface area (Å²) in [7, 11) is 0. The molecule has 414 valence electrons. The van der Waals surface area contributed by atoms with Gasteiger partial charge in [0.2, 0.25) is 0 Å². The second kappa shape index (κ2) is 28.8. The van der Waals surface area contributed by atoms with Crippen LogP contribution in [0.15, 0.2) is 243 Å². The van der Waals surface area contributed by atoms with Crippen LogP contribution in [0, 0.1) is 0 Å². The van der Waals surface area contributed by atoms with Gasteiger partial charge in [0.05, 0.1) is 0 Å². The first-order valence-corrected chi connectivity index (χ1v) is 28.8. The van der Waals surface area contributed by atoms with Crippen molar-refractivity contribution < 1.29 is 60.8 Å². The second-order valence-corrected chi connectivity index (χ2v) is 20.8. The Hall–Kier alpha value is -8.36. The maximum atomic E-state index is 14.1. The zero-order valence-electron chi connectivity index (χ0n) is 46.9. The van der Waals surface area contributed by atoms with Crippen molar-refractivity contribution in [3.05, 3.63) is 243 Å². The van der Waals surface area contributed by atoms with E-state index in [0.717, 1.165) is 105 Å². The summed E-state index contributed by atoms with van der Waals surface area (Å²) in [6, 6.07) is 77.6. The van der Waals surface area contributed by atoms with Gasteiger partial charge in [-0.3, -0.25) is 0 Å². The van der Waals surface area contributed by atoms with Crippen LogP contribution >= 0.6 is 0 Å². The Bertz CT molecular complexity index is 3550. The normalized spacial score (nSPS) is 13.3. The van der Waals surface area contributed by atoms with Crippen LogP contribution in [0.5, 0.6) is 23.0 Å². The van der Waals surface area contributed by atoms with Crippen molar-refractivity contribution in [1.82, 2.24) is 0 Å². The molecule has 0 atom stereocenters. The van der Waals surface area contributed by atoms with Crippen molar-refractivity contribution in [3.8, 4) is 89.8 Å². The molecule has 8 heteroatoms. The van der Waals surface area contributed by atoms with E-state index in [1.807, 2.05) is 243 Å². The van der Waals surface area contributed by atoms with Crippen molar-refractivity contribution in [2.24, 2.45) is 0 Å². The van der Waals surface area contributed by atoms with Crippen LogP contribution in [0.25, 0.3) is 110 Å². The SMILES string of the molecule is C1CCOC1.C1CCOC1.C1CCOC1.[O-]c1c(-c2ccccc2)cc2ccccc2c1-c1c([O-])c(-c2ccccc2)cc2ccccc12.[O-]c1c(-c2ccccc2)cc2ccccc2c1-c1c([O-])c(-c2ccccc2)cc2ccccc12.[Zr+4]. The van der Waals surface area contributed by atoms with Gasteiger partial charge in [0.25, 0.3) is 0 Å². The molecule has 84 heavy (non-hydrogen) atoms. The number of ether oxygens (including phenoxy) is 3. The van der Waals surface area contributed by atoms with Gasteiger partial charge in [0.15, 0.2) is 0 Å². The molecule has 3 saturated heterocycles. The van der Waals surface area contributed by atoms with E-state index >= 15 is 0 Å². The van der Waals surface area contributed by atoms with Gasteiger partial charge in [0.1, 0.15) is 0 Å². The molecule has 0 aromatic heterocycles. The molecule has 0 saturated carbocycles. The molecule has 3 aliphatic rings. The smallest absolute Gasteiger partial charge is 0.872 e. The Balaban J connectivity index is 0.000000148. The maximum absolute atomic E-state index is 14.1. The topological polar surface area (TPSA) is 120 Å². The summed E-state index contributed by atoms with van der Waals surface area (Å²) in [5.74, 6) is -0.510. The predicted molar refractivity (Wildman–Crippen MR) is 333 cm³/mol. The molecular weight excluding hydrogens is 1120 g/mol. The Morgan fingerprint density at radius 1 is 0.226 bits per heavy atom. The zero-order valence-corrected chi connectivity index (χ0v) is 49.4. The monoisotopic (exact) mass is 1180 g/mol. The fourth-order valence-electron chi connectivity index (χ4n) is 11.2. The van der Waals surface area contributed by atoms with Gasteiger partial charge < -0.3 is 34.6 Å². The zero-order chi connectivity index (χ0) is 56.7. The van der Waals surface area contributed by atoms with Crippen molar-refractivity contribution >= 4 is 43.1 Å². The van der Waals surface area contributed by atoms with Gasteiger partial charge in [-0.25, -0.2) is 0 Å². The third-order valence-electron chi connectivity index (χ3n) is 15.3. The minimum atomic E-state index is -0.127. The fraction of sp³-hybridized carbons (Fsp3) is 0.158. The minimum absolute atomic E-state index is 0.